The first-order chi connectivity index (χ1) is 16.9. The summed E-state index contributed by atoms with van der Waals surface area (Å²) < 4.78 is 0. The highest BCUT2D eigenvalue weighted by molar-refractivity contribution is 5.99. The van der Waals surface area contributed by atoms with E-state index in [9.17, 15) is 10.1 Å². The molecule has 2 aliphatic heterocycles. The topological polar surface area (TPSA) is 88.9 Å². The molecule has 1 N–H and O–H groups in total. The largest absolute Gasteiger partial charge is 0.355 e. The van der Waals surface area contributed by atoms with Crippen LogP contribution in [-0.2, 0) is 17.6 Å². The molecular weight excluding hydrogens is 436 g/mol. The van der Waals surface area contributed by atoms with Crippen molar-refractivity contribution in [3.05, 3.63) is 53.4 Å². The minimum Gasteiger partial charge on any atom is -0.355 e. The third-order valence-corrected chi connectivity index (χ3v) is 8.26. The minimum absolute atomic E-state index is 0.00125. The molecule has 2 fully saturated rings. The van der Waals surface area contributed by atoms with Crippen LogP contribution in [0.4, 0.5) is 5.82 Å². The molecule has 1 spiro atoms. The van der Waals surface area contributed by atoms with Crippen molar-refractivity contribution in [1.29, 1.82) is 5.26 Å². The number of anilines is 1. The Labute approximate surface area is 205 Å². The Hall–Kier alpha value is -3.66. The predicted molar refractivity (Wildman–Crippen MR) is 136 cm³/mol. The van der Waals surface area contributed by atoms with E-state index in [1.54, 1.807) is 0 Å². The van der Waals surface area contributed by atoms with Crippen LogP contribution >= 0.6 is 0 Å². The number of likely N-dealkylation sites (tertiary alicyclic amines) is 1. The molecule has 2 aromatic heterocycles. The number of benzene rings is 1. The summed E-state index contributed by atoms with van der Waals surface area (Å²) in [5, 5.41) is 19.0. The summed E-state index contributed by atoms with van der Waals surface area (Å²) >= 11 is 0. The second-order valence-corrected chi connectivity index (χ2v) is 10.7. The van der Waals surface area contributed by atoms with Crippen molar-refractivity contribution >= 4 is 22.6 Å². The van der Waals surface area contributed by atoms with Gasteiger partial charge in [-0.05, 0) is 67.4 Å². The highest BCUT2D eigenvalue weighted by Gasteiger charge is 2.49. The number of nitrogens with one attached hydrogen (secondary N) is 1. The maximum absolute atomic E-state index is 12.0. The summed E-state index contributed by atoms with van der Waals surface area (Å²) in [7, 11) is 0. The highest BCUT2D eigenvalue weighted by Crippen LogP contribution is 2.46. The molecule has 1 aliphatic carbocycles. The number of amides is 1. The average molecular weight is 467 g/mol. The predicted octanol–water partition coefficient (Wildman–Crippen LogP) is 4.15. The summed E-state index contributed by atoms with van der Waals surface area (Å²) in [4.78, 5) is 21.4. The number of aromatic nitrogens is 3. The van der Waals surface area contributed by atoms with Gasteiger partial charge in [0.1, 0.15) is 17.5 Å². The summed E-state index contributed by atoms with van der Waals surface area (Å²) in [5.41, 5.74) is 7.37. The number of hydrogen-bond acceptors (Lipinski definition) is 5. The number of nitrogens with zero attached hydrogens (tertiary/aromatic N) is 5. The lowest BCUT2D eigenvalue weighted by Gasteiger charge is -2.47. The quantitative estimate of drug-likeness (QED) is 0.586. The zero-order valence-electron chi connectivity index (χ0n) is 20.4. The molecule has 7 nitrogen and oxygen atoms in total. The van der Waals surface area contributed by atoms with Crippen molar-refractivity contribution in [2.45, 2.75) is 39.5 Å². The van der Waals surface area contributed by atoms with Crippen molar-refractivity contribution in [3.63, 3.8) is 0 Å². The van der Waals surface area contributed by atoms with E-state index in [1.165, 1.54) is 11.6 Å². The van der Waals surface area contributed by atoms with Crippen molar-refractivity contribution < 1.29 is 4.79 Å². The van der Waals surface area contributed by atoms with E-state index >= 15 is 0 Å². The van der Waals surface area contributed by atoms with Gasteiger partial charge in [0, 0.05) is 48.2 Å². The summed E-state index contributed by atoms with van der Waals surface area (Å²) in [6.45, 7) is 11.2. The van der Waals surface area contributed by atoms with Gasteiger partial charge in [-0.15, -0.1) is 0 Å². The average Bonchev–Trinajstić information content (AvgIpc) is 3.49. The SMILES string of the molecule is C=CC(=O)N1CC2(CCN(c3nc4c(c(-c5c(C)ccc6[nH]ncc56)c3C#N)CCC(C)C4)C2)C1. The van der Waals surface area contributed by atoms with Gasteiger partial charge in [0.2, 0.25) is 5.91 Å². The molecule has 2 saturated heterocycles. The van der Waals surface area contributed by atoms with Gasteiger partial charge in [-0.2, -0.15) is 10.4 Å². The molecule has 1 unspecified atom stereocenters. The highest BCUT2D eigenvalue weighted by atomic mass is 16.2. The van der Waals surface area contributed by atoms with Crippen molar-refractivity contribution in [3.8, 4) is 17.2 Å². The molecule has 1 atom stereocenters. The van der Waals surface area contributed by atoms with Gasteiger partial charge in [0.05, 0.1) is 11.7 Å². The molecule has 0 radical (unpaired) electrons. The number of aromatic amines is 1. The maximum atomic E-state index is 12.0. The fraction of sp³-hybridized carbons (Fsp3) is 0.429. The number of aryl methyl sites for hydroxylation is 1. The molecule has 3 aliphatic rings. The smallest absolute Gasteiger partial charge is 0.245 e. The lowest BCUT2D eigenvalue weighted by Crippen LogP contribution is -2.59. The lowest BCUT2D eigenvalue weighted by atomic mass is 9.79. The van der Waals surface area contributed by atoms with E-state index in [-0.39, 0.29) is 11.3 Å². The third-order valence-electron chi connectivity index (χ3n) is 8.26. The lowest BCUT2D eigenvalue weighted by molar-refractivity contribution is -0.136. The number of pyridine rings is 1. The Morgan fingerprint density at radius 1 is 1.31 bits per heavy atom. The molecule has 35 heavy (non-hydrogen) atoms. The van der Waals surface area contributed by atoms with Gasteiger partial charge in [0.25, 0.3) is 0 Å². The summed E-state index contributed by atoms with van der Waals surface area (Å²) in [5.74, 6) is 1.38. The van der Waals surface area contributed by atoms with Crippen molar-refractivity contribution in [1.82, 2.24) is 20.1 Å². The van der Waals surface area contributed by atoms with Crippen LogP contribution in [0.3, 0.4) is 0 Å². The van der Waals surface area contributed by atoms with Gasteiger partial charge in [0.15, 0.2) is 0 Å². The van der Waals surface area contributed by atoms with Crippen LogP contribution in [0.25, 0.3) is 22.0 Å². The fourth-order valence-electron chi connectivity index (χ4n) is 6.41. The first-order valence-corrected chi connectivity index (χ1v) is 12.5. The first kappa shape index (κ1) is 21.8. The van der Waals surface area contributed by atoms with Crippen LogP contribution in [-0.4, -0.2) is 52.2 Å². The number of fused-ring (bicyclic) bond motifs is 2. The van der Waals surface area contributed by atoms with Crippen LogP contribution < -0.4 is 4.90 Å². The zero-order valence-corrected chi connectivity index (χ0v) is 20.4. The Bertz CT molecular complexity index is 1410. The normalized spacial score (nSPS) is 20.5. The number of hydrogen-bond donors (Lipinski definition) is 1. The molecule has 3 aromatic rings. The van der Waals surface area contributed by atoms with Gasteiger partial charge in [-0.3, -0.25) is 9.89 Å². The van der Waals surface area contributed by atoms with Crippen LogP contribution in [0.15, 0.2) is 31.0 Å². The summed E-state index contributed by atoms with van der Waals surface area (Å²) in [6.07, 6.45) is 7.24. The monoisotopic (exact) mass is 466 g/mol. The van der Waals surface area contributed by atoms with E-state index in [4.69, 9.17) is 4.98 Å². The Balaban J connectivity index is 1.49. The number of carbonyl (C=O) groups is 1. The molecular formula is C28H30N6O. The number of H-pyrrole nitrogens is 1. The molecule has 6 rings (SSSR count). The van der Waals surface area contributed by atoms with E-state index in [0.29, 0.717) is 11.5 Å². The second kappa shape index (κ2) is 7.94. The molecule has 1 aromatic carbocycles. The van der Waals surface area contributed by atoms with Crippen LogP contribution in [0, 0.1) is 29.6 Å². The summed E-state index contributed by atoms with van der Waals surface area (Å²) in [6, 6.07) is 6.74. The van der Waals surface area contributed by atoms with Crippen LogP contribution in [0.1, 0.15) is 42.1 Å². The Kier molecular flexibility index (Phi) is 4.96. The zero-order chi connectivity index (χ0) is 24.3. The van der Waals surface area contributed by atoms with Crippen LogP contribution in [0.2, 0.25) is 0 Å². The van der Waals surface area contributed by atoms with E-state index in [0.717, 1.165) is 91.0 Å². The van der Waals surface area contributed by atoms with Gasteiger partial charge < -0.3 is 9.80 Å². The Morgan fingerprint density at radius 2 is 2.14 bits per heavy atom. The first-order valence-electron chi connectivity index (χ1n) is 12.5. The molecule has 1 amide bonds. The maximum Gasteiger partial charge on any atom is 0.245 e. The van der Waals surface area contributed by atoms with E-state index < -0.39 is 0 Å². The second-order valence-electron chi connectivity index (χ2n) is 10.7. The third kappa shape index (κ3) is 3.35. The van der Waals surface area contributed by atoms with Gasteiger partial charge >= 0.3 is 0 Å². The number of rotatable bonds is 3. The number of nitriles is 1. The minimum atomic E-state index is -0.00125. The van der Waals surface area contributed by atoms with E-state index in [2.05, 4.69) is 53.7 Å². The fourth-order valence-corrected chi connectivity index (χ4v) is 6.41. The van der Waals surface area contributed by atoms with Gasteiger partial charge in [-0.1, -0.05) is 19.6 Å². The standard InChI is InChI=1S/C28H30N6O/c1-4-24(35)34-15-28(16-34)9-10-33(14-28)27-20(12-29)26(19-7-5-17(2)11-23(19)31-27)25-18(3)6-8-22-21(25)13-30-32-22/h4,6,8,13,17H,1,5,7,9-11,14-16H2,2-3H3,(H,30,32). The molecule has 0 saturated carbocycles. The van der Waals surface area contributed by atoms with Crippen LogP contribution in [0.5, 0.6) is 0 Å². The molecule has 178 valence electrons. The van der Waals surface area contributed by atoms with Gasteiger partial charge in [-0.25, -0.2) is 4.98 Å². The van der Waals surface area contributed by atoms with E-state index in [1.807, 2.05) is 11.1 Å². The Morgan fingerprint density at radius 3 is 2.91 bits per heavy atom. The van der Waals surface area contributed by atoms with Crippen molar-refractivity contribution in [2.75, 3.05) is 31.1 Å². The molecule has 4 heterocycles. The molecule has 0 bridgehead atoms. The molecule has 7 heteroatoms. The van der Waals surface area contributed by atoms with Crippen molar-refractivity contribution in [2.24, 2.45) is 11.3 Å². The number of carbonyl (C=O) groups excluding carboxylic acids is 1.